The monoisotopic (exact) mass is 475 g/mol. The summed E-state index contributed by atoms with van der Waals surface area (Å²) in [6.45, 7) is -0.0496. The molecule has 2 heterocycles. The van der Waals surface area contributed by atoms with E-state index in [0.29, 0.717) is 34.3 Å². The van der Waals surface area contributed by atoms with E-state index in [9.17, 15) is 18.0 Å². The van der Waals surface area contributed by atoms with Crippen LogP contribution in [0.2, 0.25) is 0 Å². The first-order chi connectivity index (χ1) is 16.2. The van der Waals surface area contributed by atoms with Crippen LogP contribution >= 0.6 is 0 Å². The van der Waals surface area contributed by atoms with E-state index in [4.69, 9.17) is 16.3 Å². The number of nitrogens with one attached hydrogen (secondary N) is 2. The van der Waals surface area contributed by atoms with Gasteiger partial charge in [-0.2, -0.15) is 18.3 Å². The van der Waals surface area contributed by atoms with Gasteiger partial charge in [0.25, 0.3) is 5.56 Å². The van der Waals surface area contributed by atoms with Crippen molar-refractivity contribution in [2.24, 2.45) is 16.7 Å². The summed E-state index contributed by atoms with van der Waals surface area (Å²) in [5.74, 6) is 5.58. The highest BCUT2D eigenvalue weighted by Crippen LogP contribution is 2.35. The summed E-state index contributed by atoms with van der Waals surface area (Å²) in [5.41, 5.74) is 9.96. The van der Waals surface area contributed by atoms with Crippen LogP contribution in [0.4, 0.5) is 13.2 Å². The molecule has 1 aliphatic carbocycles. The lowest BCUT2D eigenvalue weighted by atomic mass is 10.0. The number of aromatic nitrogens is 3. The minimum absolute atomic E-state index is 0.0496. The van der Waals surface area contributed by atoms with E-state index in [-0.39, 0.29) is 24.4 Å². The quantitative estimate of drug-likeness (QED) is 0.123. The summed E-state index contributed by atoms with van der Waals surface area (Å²) in [7, 11) is 0. The van der Waals surface area contributed by atoms with Crippen LogP contribution in [0.1, 0.15) is 37.3 Å². The number of pyridine rings is 1. The summed E-state index contributed by atoms with van der Waals surface area (Å²) in [5, 5.41) is 8.34. The Balaban J connectivity index is 1.61. The van der Waals surface area contributed by atoms with Gasteiger partial charge < -0.3 is 15.5 Å². The van der Waals surface area contributed by atoms with Gasteiger partial charge in [0.05, 0.1) is 23.9 Å². The molecule has 12 heteroatoms. The van der Waals surface area contributed by atoms with E-state index >= 15 is 0 Å². The summed E-state index contributed by atoms with van der Waals surface area (Å²) < 4.78 is 44.0. The van der Waals surface area contributed by atoms with Gasteiger partial charge in [0.2, 0.25) is 0 Å². The van der Waals surface area contributed by atoms with Gasteiger partial charge in [-0.1, -0.05) is 0 Å². The molecule has 2 aromatic heterocycles. The van der Waals surface area contributed by atoms with Crippen molar-refractivity contribution in [3.63, 3.8) is 0 Å². The second-order valence-electron chi connectivity index (χ2n) is 7.93. The van der Waals surface area contributed by atoms with Gasteiger partial charge in [0.15, 0.2) is 5.84 Å². The SMILES string of the molecule is NN/N=C(\N)c1c(-c2ccn(C3CC3)n2)cc(-c2ccc(OCCCC(F)(F)F)cc2)[nH]c1=O. The summed E-state index contributed by atoms with van der Waals surface area (Å²) in [6.07, 6.45) is -1.26. The lowest BCUT2D eigenvalue weighted by Crippen LogP contribution is -2.30. The molecule has 34 heavy (non-hydrogen) atoms. The van der Waals surface area contributed by atoms with Crippen molar-refractivity contribution in [1.82, 2.24) is 20.3 Å². The van der Waals surface area contributed by atoms with Crippen molar-refractivity contribution in [3.8, 4) is 28.3 Å². The molecular weight excluding hydrogens is 451 g/mol. The first-order valence-electron chi connectivity index (χ1n) is 10.7. The molecule has 0 spiro atoms. The van der Waals surface area contributed by atoms with Crippen LogP contribution in [0.5, 0.6) is 5.75 Å². The lowest BCUT2D eigenvalue weighted by molar-refractivity contribution is -0.136. The number of hydrazine groups is 1. The molecule has 0 amide bonds. The third-order valence-electron chi connectivity index (χ3n) is 5.32. The molecule has 0 atom stereocenters. The number of hydrogen-bond donors (Lipinski definition) is 4. The predicted molar refractivity (Wildman–Crippen MR) is 121 cm³/mol. The maximum atomic E-state index is 13.0. The number of rotatable bonds is 9. The summed E-state index contributed by atoms with van der Waals surface area (Å²) >= 11 is 0. The Hall–Kier alpha value is -3.80. The highest BCUT2D eigenvalue weighted by atomic mass is 19.4. The van der Waals surface area contributed by atoms with Gasteiger partial charge in [0.1, 0.15) is 5.75 Å². The predicted octanol–water partition coefficient (Wildman–Crippen LogP) is 3.05. The normalized spacial score (nSPS) is 14.3. The number of aromatic amines is 1. The van der Waals surface area contributed by atoms with Crippen LogP contribution in [-0.2, 0) is 0 Å². The average Bonchev–Trinajstić information content (AvgIpc) is 3.52. The van der Waals surface area contributed by atoms with Crippen molar-refractivity contribution in [2.75, 3.05) is 6.61 Å². The Labute approximate surface area is 192 Å². The number of alkyl halides is 3. The maximum Gasteiger partial charge on any atom is 0.389 e. The van der Waals surface area contributed by atoms with Crippen LogP contribution in [0.25, 0.3) is 22.5 Å². The summed E-state index contributed by atoms with van der Waals surface area (Å²) in [6, 6.07) is 10.6. The standard InChI is InChI=1S/C22H24F3N7O2/c23-22(24,25)9-1-11-34-15-6-2-13(3-7-15)18-12-16(17-8-10-32(30-17)14-4-5-14)19(21(33)28-18)20(26)29-31-27/h2-3,6-8,10,12,14,31H,1,4-5,9,11,27H2,(H2,26,29)(H,28,33). The van der Waals surface area contributed by atoms with E-state index in [2.05, 4.69) is 20.7 Å². The molecule has 6 N–H and O–H groups in total. The van der Waals surface area contributed by atoms with Crippen LogP contribution < -0.4 is 27.4 Å². The number of hydrogen-bond acceptors (Lipinski definition) is 6. The molecule has 1 aliphatic rings. The lowest BCUT2D eigenvalue weighted by Gasteiger charge is -2.11. The zero-order chi connectivity index (χ0) is 24.3. The van der Waals surface area contributed by atoms with E-state index in [1.54, 1.807) is 36.4 Å². The highest BCUT2D eigenvalue weighted by molar-refractivity contribution is 6.03. The largest absolute Gasteiger partial charge is 0.494 e. The Bertz CT molecular complexity index is 1230. The Morgan fingerprint density at radius 1 is 1.26 bits per heavy atom. The zero-order valence-electron chi connectivity index (χ0n) is 18.1. The van der Waals surface area contributed by atoms with Gasteiger partial charge >= 0.3 is 6.18 Å². The van der Waals surface area contributed by atoms with E-state index in [1.807, 2.05) is 10.9 Å². The molecule has 1 fully saturated rings. The molecule has 0 bridgehead atoms. The molecule has 9 nitrogen and oxygen atoms in total. The van der Waals surface area contributed by atoms with Crippen LogP contribution in [-0.4, -0.2) is 33.4 Å². The van der Waals surface area contributed by atoms with Crippen LogP contribution in [0, 0.1) is 0 Å². The number of amidine groups is 1. The molecule has 4 rings (SSSR count). The minimum atomic E-state index is -4.20. The third-order valence-corrected chi connectivity index (χ3v) is 5.32. The smallest absolute Gasteiger partial charge is 0.389 e. The Morgan fingerprint density at radius 2 is 2.00 bits per heavy atom. The number of benzene rings is 1. The van der Waals surface area contributed by atoms with E-state index in [1.165, 1.54) is 0 Å². The van der Waals surface area contributed by atoms with Crippen LogP contribution in [0.3, 0.4) is 0 Å². The average molecular weight is 475 g/mol. The van der Waals surface area contributed by atoms with Crippen molar-refractivity contribution in [3.05, 3.63) is 58.5 Å². The van der Waals surface area contributed by atoms with E-state index < -0.39 is 18.2 Å². The van der Waals surface area contributed by atoms with Crippen LogP contribution in [0.15, 0.2) is 52.5 Å². The maximum absolute atomic E-state index is 13.0. The third kappa shape index (κ3) is 5.57. The summed E-state index contributed by atoms with van der Waals surface area (Å²) in [4.78, 5) is 15.7. The first kappa shape index (κ1) is 23.4. The topological polar surface area (TPSA) is 136 Å². The van der Waals surface area contributed by atoms with Gasteiger partial charge in [0, 0.05) is 23.9 Å². The van der Waals surface area contributed by atoms with Crippen molar-refractivity contribution in [2.45, 2.75) is 37.9 Å². The number of nitrogens with zero attached hydrogens (tertiary/aromatic N) is 3. The molecule has 0 saturated heterocycles. The molecule has 1 saturated carbocycles. The molecular formula is C22H24F3N7O2. The number of nitrogens with two attached hydrogens (primary N) is 2. The highest BCUT2D eigenvalue weighted by Gasteiger charge is 2.26. The Morgan fingerprint density at radius 3 is 2.65 bits per heavy atom. The Kier molecular flexibility index (Phi) is 6.59. The van der Waals surface area contributed by atoms with Crippen molar-refractivity contribution >= 4 is 5.84 Å². The fraction of sp³-hybridized carbons (Fsp3) is 0.318. The zero-order valence-corrected chi connectivity index (χ0v) is 18.1. The number of halogens is 3. The van der Waals surface area contributed by atoms with Gasteiger partial charge in [-0.3, -0.25) is 9.48 Å². The second kappa shape index (κ2) is 9.59. The number of hydrazone groups is 1. The second-order valence-corrected chi connectivity index (χ2v) is 7.93. The molecule has 1 aromatic carbocycles. The molecule has 3 aromatic rings. The van der Waals surface area contributed by atoms with Gasteiger partial charge in [-0.05, 0) is 61.2 Å². The number of H-pyrrole nitrogens is 1. The van der Waals surface area contributed by atoms with Crippen molar-refractivity contribution in [1.29, 1.82) is 0 Å². The van der Waals surface area contributed by atoms with Gasteiger partial charge in [-0.15, -0.1) is 5.10 Å². The first-order valence-corrected chi connectivity index (χ1v) is 10.7. The molecule has 0 unspecified atom stereocenters. The fourth-order valence-corrected chi connectivity index (χ4v) is 3.51. The molecule has 0 aliphatic heterocycles. The molecule has 0 radical (unpaired) electrons. The minimum Gasteiger partial charge on any atom is -0.494 e. The number of ether oxygens (including phenoxy) is 1. The van der Waals surface area contributed by atoms with Gasteiger partial charge in [-0.25, -0.2) is 11.4 Å². The molecule has 180 valence electrons. The fourth-order valence-electron chi connectivity index (χ4n) is 3.51. The van der Waals surface area contributed by atoms with E-state index in [0.717, 1.165) is 12.8 Å². The van der Waals surface area contributed by atoms with Crippen molar-refractivity contribution < 1.29 is 17.9 Å².